The molecular formula is C19H25N5O. The van der Waals surface area contributed by atoms with E-state index in [1.807, 2.05) is 23.1 Å². The average Bonchev–Trinajstić information content (AvgIpc) is 2.62. The molecule has 0 spiro atoms. The van der Waals surface area contributed by atoms with Crippen molar-refractivity contribution in [3.8, 4) is 0 Å². The number of rotatable bonds is 4. The van der Waals surface area contributed by atoms with Crippen LogP contribution in [0.1, 0.15) is 35.8 Å². The molecule has 1 amide bonds. The monoisotopic (exact) mass is 339 g/mol. The van der Waals surface area contributed by atoms with Gasteiger partial charge in [0.15, 0.2) is 0 Å². The lowest BCUT2D eigenvalue weighted by Crippen LogP contribution is -2.47. The minimum Gasteiger partial charge on any atom is -0.340 e. The smallest absolute Gasteiger partial charge is 0.272 e. The van der Waals surface area contributed by atoms with Crippen LogP contribution in [0.2, 0.25) is 0 Å². The van der Waals surface area contributed by atoms with Crippen LogP contribution in [0.15, 0.2) is 36.7 Å². The van der Waals surface area contributed by atoms with Gasteiger partial charge < -0.3 is 15.1 Å². The fourth-order valence-corrected chi connectivity index (χ4v) is 2.97. The highest BCUT2D eigenvalue weighted by atomic mass is 16.2. The Morgan fingerprint density at radius 2 is 1.84 bits per heavy atom. The molecule has 1 aromatic carbocycles. The van der Waals surface area contributed by atoms with Gasteiger partial charge in [0.2, 0.25) is 0 Å². The first kappa shape index (κ1) is 17.4. The fraction of sp³-hybridized carbons (Fsp3) is 0.421. The molecule has 0 aliphatic carbocycles. The predicted octanol–water partition coefficient (Wildman–Crippen LogP) is 2.73. The number of nitrogens with zero attached hydrogens (tertiary/aromatic N) is 4. The molecule has 1 N–H and O–H groups in total. The summed E-state index contributed by atoms with van der Waals surface area (Å²) in [5.41, 5.74) is 2.66. The van der Waals surface area contributed by atoms with Crippen molar-refractivity contribution < 1.29 is 4.79 Å². The summed E-state index contributed by atoms with van der Waals surface area (Å²) < 4.78 is 0. The molecule has 1 aromatic heterocycles. The van der Waals surface area contributed by atoms with Crippen molar-refractivity contribution in [1.82, 2.24) is 19.8 Å². The number of hydrogen-bond acceptors (Lipinski definition) is 5. The molecule has 6 nitrogen and oxygen atoms in total. The first-order valence-corrected chi connectivity index (χ1v) is 8.70. The molecule has 0 radical (unpaired) electrons. The molecule has 2 aromatic rings. The van der Waals surface area contributed by atoms with E-state index in [0.717, 1.165) is 31.9 Å². The number of piperazine rings is 1. The van der Waals surface area contributed by atoms with E-state index in [1.165, 1.54) is 11.9 Å². The maximum Gasteiger partial charge on any atom is 0.272 e. The molecule has 1 aliphatic heterocycles. The zero-order valence-corrected chi connectivity index (χ0v) is 15.1. The van der Waals surface area contributed by atoms with E-state index in [9.17, 15) is 4.79 Å². The Bertz CT molecular complexity index is 738. The van der Waals surface area contributed by atoms with Crippen LogP contribution in [0.4, 0.5) is 11.5 Å². The van der Waals surface area contributed by atoms with Gasteiger partial charge in [-0.2, -0.15) is 0 Å². The van der Waals surface area contributed by atoms with Crippen LogP contribution in [-0.4, -0.2) is 58.9 Å². The minimum atomic E-state index is -0.0318. The number of para-hydroxylation sites is 1. The van der Waals surface area contributed by atoms with E-state index >= 15 is 0 Å². The van der Waals surface area contributed by atoms with Crippen LogP contribution < -0.4 is 5.32 Å². The number of carbonyl (C=O) groups is 1. The van der Waals surface area contributed by atoms with Crippen molar-refractivity contribution in [2.45, 2.75) is 19.8 Å². The van der Waals surface area contributed by atoms with Gasteiger partial charge in [0.05, 0.1) is 0 Å². The van der Waals surface area contributed by atoms with Crippen molar-refractivity contribution in [3.63, 3.8) is 0 Å². The van der Waals surface area contributed by atoms with Crippen molar-refractivity contribution in [2.24, 2.45) is 0 Å². The summed E-state index contributed by atoms with van der Waals surface area (Å²) in [5, 5.41) is 3.33. The molecule has 0 bridgehead atoms. The molecule has 3 rings (SSSR count). The molecule has 25 heavy (non-hydrogen) atoms. The van der Waals surface area contributed by atoms with Crippen LogP contribution in [0.5, 0.6) is 0 Å². The Kier molecular flexibility index (Phi) is 5.28. The zero-order valence-electron chi connectivity index (χ0n) is 15.1. The number of anilines is 2. The molecule has 1 saturated heterocycles. The molecule has 0 saturated carbocycles. The summed E-state index contributed by atoms with van der Waals surface area (Å²) in [4.78, 5) is 25.2. The van der Waals surface area contributed by atoms with Crippen LogP contribution in [-0.2, 0) is 0 Å². The van der Waals surface area contributed by atoms with E-state index in [1.54, 1.807) is 6.07 Å². The van der Waals surface area contributed by atoms with Gasteiger partial charge in [0.1, 0.15) is 17.8 Å². The largest absolute Gasteiger partial charge is 0.340 e. The highest BCUT2D eigenvalue weighted by Gasteiger charge is 2.21. The third-order valence-corrected chi connectivity index (χ3v) is 4.52. The molecular weight excluding hydrogens is 314 g/mol. The first-order chi connectivity index (χ1) is 12.0. The number of likely N-dealkylation sites (N-methyl/N-ethyl adjacent to an activating group) is 1. The summed E-state index contributed by atoms with van der Waals surface area (Å²) in [7, 11) is 2.07. The van der Waals surface area contributed by atoms with Crippen molar-refractivity contribution in [1.29, 1.82) is 0 Å². The molecule has 6 heteroatoms. The second kappa shape index (κ2) is 7.61. The van der Waals surface area contributed by atoms with Gasteiger partial charge in [-0.25, -0.2) is 9.97 Å². The van der Waals surface area contributed by atoms with Crippen LogP contribution in [0, 0.1) is 0 Å². The highest BCUT2D eigenvalue weighted by molar-refractivity contribution is 5.93. The lowest BCUT2D eigenvalue weighted by atomic mass is 10.0. The van der Waals surface area contributed by atoms with Gasteiger partial charge in [-0.3, -0.25) is 4.79 Å². The molecule has 2 heterocycles. The lowest BCUT2D eigenvalue weighted by molar-refractivity contribution is 0.0658. The average molecular weight is 339 g/mol. The lowest BCUT2D eigenvalue weighted by Gasteiger charge is -2.32. The molecule has 132 valence electrons. The highest BCUT2D eigenvalue weighted by Crippen LogP contribution is 2.26. The van der Waals surface area contributed by atoms with Gasteiger partial charge in [-0.05, 0) is 24.6 Å². The van der Waals surface area contributed by atoms with E-state index < -0.39 is 0 Å². The Labute approximate surface area is 148 Å². The Morgan fingerprint density at radius 1 is 1.12 bits per heavy atom. The van der Waals surface area contributed by atoms with E-state index in [4.69, 9.17) is 0 Å². The molecule has 1 fully saturated rings. The number of hydrogen-bond donors (Lipinski definition) is 1. The van der Waals surface area contributed by atoms with Gasteiger partial charge >= 0.3 is 0 Å². The molecule has 0 unspecified atom stereocenters. The number of amides is 1. The maximum atomic E-state index is 12.7. The van der Waals surface area contributed by atoms with Gasteiger partial charge in [0, 0.05) is 37.9 Å². The topological polar surface area (TPSA) is 61.4 Å². The fourth-order valence-electron chi connectivity index (χ4n) is 2.97. The van der Waals surface area contributed by atoms with Gasteiger partial charge in [-0.1, -0.05) is 32.0 Å². The Hall–Kier alpha value is -2.47. The standard InChI is InChI=1S/C19H25N5O/c1-14(2)15-6-4-5-7-16(15)22-18-12-17(20-13-21-18)19(25)24-10-8-23(3)9-11-24/h4-7,12-14H,8-11H2,1-3H3,(H,20,21,22). The molecule has 0 atom stereocenters. The van der Waals surface area contributed by atoms with Crippen LogP contribution in [0.25, 0.3) is 0 Å². The van der Waals surface area contributed by atoms with Crippen molar-refractivity contribution >= 4 is 17.4 Å². The van der Waals surface area contributed by atoms with Crippen LogP contribution >= 0.6 is 0 Å². The summed E-state index contributed by atoms with van der Waals surface area (Å²) in [6.07, 6.45) is 1.45. The summed E-state index contributed by atoms with van der Waals surface area (Å²) in [6, 6.07) is 9.89. The summed E-state index contributed by atoms with van der Waals surface area (Å²) in [5.74, 6) is 1.01. The predicted molar refractivity (Wildman–Crippen MR) is 99.2 cm³/mol. The van der Waals surface area contributed by atoms with E-state index in [0.29, 0.717) is 17.4 Å². The summed E-state index contributed by atoms with van der Waals surface area (Å²) in [6.45, 7) is 7.57. The first-order valence-electron chi connectivity index (χ1n) is 8.70. The maximum absolute atomic E-state index is 12.7. The molecule has 1 aliphatic rings. The Morgan fingerprint density at radius 3 is 2.56 bits per heavy atom. The normalized spacial score (nSPS) is 15.4. The zero-order chi connectivity index (χ0) is 17.8. The second-order valence-corrected chi connectivity index (χ2v) is 6.75. The third-order valence-electron chi connectivity index (χ3n) is 4.52. The van der Waals surface area contributed by atoms with E-state index in [2.05, 4.69) is 47.1 Å². The third kappa shape index (κ3) is 4.14. The number of carbonyl (C=O) groups excluding carboxylic acids is 1. The number of nitrogens with one attached hydrogen (secondary N) is 1. The Balaban J connectivity index is 1.77. The minimum absolute atomic E-state index is 0.0318. The van der Waals surface area contributed by atoms with E-state index in [-0.39, 0.29) is 5.91 Å². The van der Waals surface area contributed by atoms with Gasteiger partial charge in [0.25, 0.3) is 5.91 Å². The quantitative estimate of drug-likeness (QED) is 0.928. The second-order valence-electron chi connectivity index (χ2n) is 6.75. The van der Waals surface area contributed by atoms with Crippen molar-refractivity contribution in [3.05, 3.63) is 47.9 Å². The number of aromatic nitrogens is 2. The van der Waals surface area contributed by atoms with Gasteiger partial charge in [-0.15, -0.1) is 0 Å². The van der Waals surface area contributed by atoms with Crippen LogP contribution in [0.3, 0.4) is 0 Å². The van der Waals surface area contributed by atoms with Crippen molar-refractivity contribution in [2.75, 3.05) is 38.5 Å². The number of benzene rings is 1. The summed E-state index contributed by atoms with van der Waals surface area (Å²) >= 11 is 0. The SMILES string of the molecule is CC(C)c1ccccc1Nc1cc(C(=O)N2CCN(C)CC2)ncn1.